The van der Waals surface area contributed by atoms with Gasteiger partial charge >= 0.3 is 23.1 Å². The first-order valence-electron chi connectivity index (χ1n) is 2.61. The fourth-order valence-electron chi connectivity index (χ4n) is 0.571. The fourth-order valence-corrected chi connectivity index (χ4v) is 0.718. The van der Waals surface area contributed by atoms with Gasteiger partial charge in [0.2, 0.25) is 0 Å². The molecule has 1 unspecified atom stereocenters. The van der Waals surface area contributed by atoms with E-state index < -0.39 is 0 Å². The molecule has 1 atom stereocenters. The van der Waals surface area contributed by atoms with Crippen LogP contribution in [0, 0.1) is 12.0 Å². The summed E-state index contributed by atoms with van der Waals surface area (Å²) in [5, 5.41) is 0. The van der Waals surface area contributed by atoms with Gasteiger partial charge in [0, 0.05) is 0 Å². The molecule has 0 spiro atoms. The van der Waals surface area contributed by atoms with Gasteiger partial charge in [-0.1, -0.05) is 11.8 Å². The van der Waals surface area contributed by atoms with E-state index in [9.17, 15) is 0 Å². The number of thiocarbonyl (C=S) groups is 1. The summed E-state index contributed by atoms with van der Waals surface area (Å²) in [6, 6.07) is 0. The van der Waals surface area contributed by atoms with E-state index in [1.807, 2.05) is 12.2 Å². The van der Waals surface area contributed by atoms with E-state index in [4.69, 9.17) is 12.2 Å². The van der Waals surface area contributed by atoms with Gasteiger partial charge in [-0.3, -0.25) is 0 Å². The van der Waals surface area contributed by atoms with Crippen molar-refractivity contribution < 1.29 is 17.0 Å². The minimum Gasteiger partial charge on any atom is -1.00 e. The second kappa shape index (κ2) is 6.52. The second-order valence-electron chi connectivity index (χ2n) is 1.85. The maximum Gasteiger partial charge on any atom is 2.00 e. The first-order valence-corrected chi connectivity index (χ1v) is 3.02. The van der Waals surface area contributed by atoms with Crippen LogP contribution in [0.3, 0.4) is 0 Å². The Morgan fingerprint density at radius 1 is 1.60 bits per heavy atom. The molecule has 0 radical (unpaired) electrons. The van der Waals surface area contributed by atoms with E-state index in [0.717, 1.165) is 4.86 Å². The van der Waals surface area contributed by atoms with Gasteiger partial charge in [0.05, 0.1) is 0 Å². The summed E-state index contributed by atoms with van der Waals surface area (Å²) in [6.07, 6.45) is 8.84. The summed E-state index contributed by atoms with van der Waals surface area (Å²) in [4.78, 5) is 0.910. The SMILES string of the molecule is CC1C=CC=[C-]C1=S.[Br-].[Mg+2]. The molecule has 0 bridgehead atoms. The molecular formula is C7H7BrMgS. The Hall–Kier alpha value is 0.816. The van der Waals surface area contributed by atoms with E-state index in [1.54, 1.807) is 0 Å². The van der Waals surface area contributed by atoms with Crippen molar-refractivity contribution in [3.8, 4) is 0 Å². The summed E-state index contributed by atoms with van der Waals surface area (Å²) in [5.41, 5.74) is 0. The Balaban J connectivity index is 0. The standard InChI is InChI=1S/C7H7S.BrH.Mg/c1-6-4-2-3-5-7(6)8;;/h2-4,6H,1H3;1H;/q-1;;+2/p-1. The van der Waals surface area contributed by atoms with Crippen LogP contribution in [0.5, 0.6) is 0 Å². The van der Waals surface area contributed by atoms with Crippen molar-refractivity contribution >= 4 is 40.1 Å². The van der Waals surface area contributed by atoms with E-state index >= 15 is 0 Å². The van der Waals surface area contributed by atoms with Crippen LogP contribution in [0.4, 0.5) is 0 Å². The monoisotopic (exact) mass is 226 g/mol. The Morgan fingerprint density at radius 2 is 2.20 bits per heavy atom. The minimum atomic E-state index is 0. The van der Waals surface area contributed by atoms with Crippen molar-refractivity contribution in [1.82, 2.24) is 0 Å². The van der Waals surface area contributed by atoms with Gasteiger partial charge < -0.3 is 17.0 Å². The third-order valence-electron chi connectivity index (χ3n) is 1.14. The number of hydrogen-bond acceptors (Lipinski definition) is 1. The third-order valence-corrected chi connectivity index (χ3v) is 1.62. The fraction of sp³-hybridized carbons (Fsp3) is 0.286. The van der Waals surface area contributed by atoms with Crippen LogP contribution >= 0.6 is 12.2 Å². The second-order valence-corrected chi connectivity index (χ2v) is 2.29. The molecule has 0 heterocycles. The van der Waals surface area contributed by atoms with Gasteiger partial charge in [-0.05, 0) is 5.92 Å². The quantitative estimate of drug-likeness (QED) is 0.277. The molecule has 0 aliphatic heterocycles. The minimum absolute atomic E-state index is 0. The van der Waals surface area contributed by atoms with Crippen molar-refractivity contribution in [2.45, 2.75) is 6.92 Å². The molecule has 0 aromatic carbocycles. The van der Waals surface area contributed by atoms with Gasteiger partial charge in [0.25, 0.3) is 0 Å². The average molecular weight is 227 g/mol. The van der Waals surface area contributed by atoms with Crippen LogP contribution in [0.1, 0.15) is 6.92 Å². The molecule has 0 amide bonds. The van der Waals surface area contributed by atoms with Crippen LogP contribution in [-0.2, 0) is 0 Å². The van der Waals surface area contributed by atoms with Crippen LogP contribution in [0.2, 0.25) is 0 Å². The van der Waals surface area contributed by atoms with Gasteiger partial charge in [-0.25, -0.2) is 18.2 Å². The van der Waals surface area contributed by atoms with Crippen molar-refractivity contribution in [1.29, 1.82) is 0 Å². The predicted molar refractivity (Wildman–Crippen MR) is 44.5 cm³/mol. The first-order chi connectivity index (χ1) is 3.80. The molecule has 0 fully saturated rings. The molecule has 0 aromatic rings. The van der Waals surface area contributed by atoms with Crippen LogP contribution < -0.4 is 17.0 Å². The van der Waals surface area contributed by atoms with Gasteiger partial charge in [-0.15, -0.1) is 12.2 Å². The molecule has 0 N–H and O–H groups in total. The molecule has 0 aromatic heterocycles. The molecule has 0 saturated heterocycles. The van der Waals surface area contributed by atoms with Crippen LogP contribution in [0.15, 0.2) is 18.2 Å². The zero-order chi connectivity index (χ0) is 5.98. The molecule has 1 rings (SSSR count). The van der Waals surface area contributed by atoms with E-state index in [0.29, 0.717) is 5.92 Å². The Labute approximate surface area is 93.7 Å². The Morgan fingerprint density at radius 3 is 2.50 bits per heavy atom. The Kier molecular flexibility index (Phi) is 8.74. The molecule has 0 saturated carbocycles. The number of allylic oxidation sites excluding steroid dienone is 4. The number of rotatable bonds is 0. The summed E-state index contributed by atoms with van der Waals surface area (Å²) >= 11 is 4.93. The smallest absolute Gasteiger partial charge is 1.00 e. The normalized spacial score (nSPS) is 21.3. The summed E-state index contributed by atoms with van der Waals surface area (Å²) in [5.74, 6) is 0.412. The summed E-state index contributed by atoms with van der Waals surface area (Å²) < 4.78 is 0. The third kappa shape index (κ3) is 3.86. The van der Waals surface area contributed by atoms with Crippen molar-refractivity contribution in [3.05, 3.63) is 24.3 Å². The molecule has 50 valence electrons. The molecule has 10 heavy (non-hydrogen) atoms. The van der Waals surface area contributed by atoms with Crippen molar-refractivity contribution in [3.63, 3.8) is 0 Å². The molecule has 0 nitrogen and oxygen atoms in total. The molecule has 3 heteroatoms. The maximum atomic E-state index is 4.93. The largest absolute Gasteiger partial charge is 2.00 e. The first kappa shape index (κ1) is 13.4. The zero-order valence-corrected chi connectivity index (χ0v) is 9.62. The van der Waals surface area contributed by atoms with Crippen LogP contribution in [0.25, 0.3) is 0 Å². The van der Waals surface area contributed by atoms with E-state index in [-0.39, 0.29) is 40.0 Å². The molecule has 1 aliphatic rings. The zero-order valence-electron chi connectivity index (χ0n) is 5.80. The summed E-state index contributed by atoms with van der Waals surface area (Å²) in [7, 11) is 0. The van der Waals surface area contributed by atoms with Crippen LogP contribution in [-0.4, -0.2) is 27.9 Å². The van der Waals surface area contributed by atoms with Gasteiger partial charge in [0.1, 0.15) is 0 Å². The Bertz CT molecular complexity index is 163. The molecular weight excluding hydrogens is 220 g/mol. The maximum absolute atomic E-state index is 4.93. The van der Waals surface area contributed by atoms with Crippen molar-refractivity contribution in [2.75, 3.05) is 0 Å². The molecule has 1 aliphatic carbocycles. The van der Waals surface area contributed by atoms with E-state index in [2.05, 4.69) is 19.1 Å². The van der Waals surface area contributed by atoms with Gasteiger partial charge in [-0.2, -0.15) is 6.08 Å². The summed E-state index contributed by atoms with van der Waals surface area (Å²) in [6.45, 7) is 2.07. The predicted octanol–water partition coefficient (Wildman–Crippen LogP) is -1.46. The number of halogens is 1. The van der Waals surface area contributed by atoms with Gasteiger partial charge in [0.15, 0.2) is 0 Å². The van der Waals surface area contributed by atoms with Crippen molar-refractivity contribution in [2.24, 2.45) is 5.92 Å². The number of hydrogen-bond donors (Lipinski definition) is 0. The topological polar surface area (TPSA) is 0 Å². The average Bonchev–Trinajstić information content (AvgIpc) is 1.77. The van der Waals surface area contributed by atoms with E-state index in [1.165, 1.54) is 0 Å².